The standard InChI is InChI=1S/C12H16ClNO3S/c1-2-12(9-15)14-18(16,17)8-7-10-3-5-11(13)6-4-10/h3-8,12,14-15H,2,9H2,1H3/b8-7+/t12-/m1/s1. The predicted molar refractivity (Wildman–Crippen MR) is 73.7 cm³/mol. The number of rotatable bonds is 6. The minimum absolute atomic E-state index is 0.218. The lowest BCUT2D eigenvalue weighted by Gasteiger charge is -2.11. The molecule has 0 saturated heterocycles. The summed E-state index contributed by atoms with van der Waals surface area (Å²) in [5.74, 6) is 0. The van der Waals surface area contributed by atoms with Crippen molar-refractivity contribution in [2.24, 2.45) is 0 Å². The van der Waals surface area contributed by atoms with Gasteiger partial charge in [-0.2, -0.15) is 0 Å². The first-order chi connectivity index (χ1) is 8.46. The van der Waals surface area contributed by atoms with Gasteiger partial charge in [-0.1, -0.05) is 30.7 Å². The van der Waals surface area contributed by atoms with Crippen LogP contribution in [0.2, 0.25) is 5.02 Å². The predicted octanol–water partition coefficient (Wildman–Crippen LogP) is 2.00. The molecule has 0 heterocycles. The summed E-state index contributed by atoms with van der Waals surface area (Å²) < 4.78 is 25.7. The average molecular weight is 290 g/mol. The highest BCUT2D eigenvalue weighted by atomic mass is 35.5. The second-order valence-electron chi connectivity index (χ2n) is 3.80. The lowest BCUT2D eigenvalue weighted by Crippen LogP contribution is -2.35. The Balaban J connectivity index is 2.73. The van der Waals surface area contributed by atoms with Crippen molar-refractivity contribution in [2.45, 2.75) is 19.4 Å². The summed E-state index contributed by atoms with van der Waals surface area (Å²) in [5.41, 5.74) is 0.738. The molecule has 0 fully saturated rings. The van der Waals surface area contributed by atoms with Crippen LogP contribution in [0.3, 0.4) is 0 Å². The second kappa shape index (κ2) is 6.89. The Bertz CT molecular complexity index is 493. The lowest BCUT2D eigenvalue weighted by atomic mass is 10.2. The molecule has 0 aliphatic rings. The number of aliphatic hydroxyl groups is 1. The molecule has 1 rings (SSSR count). The van der Waals surface area contributed by atoms with Crippen LogP contribution < -0.4 is 4.72 Å². The molecule has 0 amide bonds. The maximum atomic E-state index is 11.7. The van der Waals surface area contributed by atoms with Crippen LogP contribution in [-0.4, -0.2) is 26.2 Å². The van der Waals surface area contributed by atoms with E-state index in [-0.39, 0.29) is 6.61 Å². The molecular weight excluding hydrogens is 274 g/mol. The third-order valence-electron chi connectivity index (χ3n) is 2.35. The van der Waals surface area contributed by atoms with E-state index in [0.717, 1.165) is 11.0 Å². The molecule has 1 aromatic rings. The van der Waals surface area contributed by atoms with Gasteiger partial charge in [-0.05, 0) is 30.2 Å². The van der Waals surface area contributed by atoms with Crippen LogP contribution >= 0.6 is 11.6 Å². The Morgan fingerprint density at radius 1 is 1.39 bits per heavy atom. The normalized spacial score (nSPS) is 13.9. The molecule has 1 aromatic carbocycles. The van der Waals surface area contributed by atoms with E-state index >= 15 is 0 Å². The number of aliphatic hydroxyl groups excluding tert-OH is 1. The van der Waals surface area contributed by atoms with Gasteiger partial charge in [0.25, 0.3) is 0 Å². The van der Waals surface area contributed by atoms with Crippen molar-refractivity contribution in [1.29, 1.82) is 0 Å². The molecule has 1 atom stereocenters. The molecule has 0 bridgehead atoms. The molecule has 100 valence electrons. The van der Waals surface area contributed by atoms with E-state index < -0.39 is 16.1 Å². The second-order valence-corrected chi connectivity index (χ2v) is 5.84. The molecule has 0 aromatic heterocycles. The zero-order valence-electron chi connectivity index (χ0n) is 10.0. The van der Waals surface area contributed by atoms with Gasteiger partial charge >= 0.3 is 0 Å². The van der Waals surface area contributed by atoms with Crippen molar-refractivity contribution >= 4 is 27.7 Å². The Labute approximate surface area is 112 Å². The zero-order valence-corrected chi connectivity index (χ0v) is 11.6. The van der Waals surface area contributed by atoms with Crippen LogP contribution in [0.25, 0.3) is 6.08 Å². The van der Waals surface area contributed by atoms with Crippen molar-refractivity contribution in [3.8, 4) is 0 Å². The lowest BCUT2D eigenvalue weighted by molar-refractivity contribution is 0.254. The summed E-state index contributed by atoms with van der Waals surface area (Å²) in [6.07, 6.45) is 2.01. The van der Waals surface area contributed by atoms with Crippen LogP contribution in [0.4, 0.5) is 0 Å². The number of nitrogens with one attached hydrogen (secondary N) is 1. The summed E-state index contributed by atoms with van der Waals surface area (Å²) >= 11 is 5.73. The molecule has 6 heteroatoms. The number of hydrogen-bond acceptors (Lipinski definition) is 3. The number of halogens is 1. The molecule has 0 spiro atoms. The van der Waals surface area contributed by atoms with Gasteiger partial charge in [0.15, 0.2) is 0 Å². The highest BCUT2D eigenvalue weighted by Gasteiger charge is 2.12. The van der Waals surface area contributed by atoms with Gasteiger partial charge in [-0.3, -0.25) is 0 Å². The topological polar surface area (TPSA) is 66.4 Å². The van der Waals surface area contributed by atoms with E-state index in [1.807, 2.05) is 0 Å². The largest absolute Gasteiger partial charge is 0.395 e. The van der Waals surface area contributed by atoms with Gasteiger partial charge in [0.2, 0.25) is 10.0 Å². The van der Waals surface area contributed by atoms with Gasteiger partial charge in [0.1, 0.15) is 0 Å². The van der Waals surface area contributed by atoms with E-state index in [9.17, 15) is 8.42 Å². The number of sulfonamides is 1. The van der Waals surface area contributed by atoms with Gasteiger partial charge in [0, 0.05) is 16.5 Å². The Morgan fingerprint density at radius 2 is 2.00 bits per heavy atom. The van der Waals surface area contributed by atoms with Crippen molar-refractivity contribution in [2.75, 3.05) is 6.61 Å². The van der Waals surface area contributed by atoms with Crippen LogP contribution in [0.5, 0.6) is 0 Å². The van der Waals surface area contributed by atoms with Crippen molar-refractivity contribution in [3.05, 3.63) is 40.3 Å². The number of hydrogen-bond donors (Lipinski definition) is 2. The minimum atomic E-state index is -3.54. The minimum Gasteiger partial charge on any atom is -0.395 e. The number of benzene rings is 1. The first kappa shape index (κ1) is 15.2. The maximum absolute atomic E-state index is 11.7. The van der Waals surface area contributed by atoms with Gasteiger partial charge < -0.3 is 5.11 Å². The fourth-order valence-corrected chi connectivity index (χ4v) is 2.51. The van der Waals surface area contributed by atoms with E-state index in [2.05, 4.69) is 4.72 Å². The monoisotopic (exact) mass is 289 g/mol. The van der Waals surface area contributed by atoms with Gasteiger partial charge in [0.05, 0.1) is 6.61 Å². The highest BCUT2D eigenvalue weighted by molar-refractivity contribution is 7.92. The molecule has 0 unspecified atom stereocenters. The summed E-state index contributed by atoms with van der Waals surface area (Å²) in [6, 6.07) is 6.35. The van der Waals surface area contributed by atoms with Crippen LogP contribution in [0.1, 0.15) is 18.9 Å². The Kier molecular flexibility index (Phi) is 5.81. The van der Waals surface area contributed by atoms with Gasteiger partial charge in [-0.15, -0.1) is 0 Å². The Morgan fingerprint density at radius 3 is 2.50 bits per heavy atom. The third kappa shape index (κ3) is 5.18. The maximum Gasteiger partial charge on any atom is 0.234 e. The first-order valence-electron chi connectivity index (χ1n) is 5.53. The molecular formula is C12H16ClNO3S. The summed E-state index contributed by atoms with van der Waals surface area (Å²) in [4.78, 5) is 0. The molecule has 18 heavy (non-hydrogen) atoms. The summed E-state index contributed by atoms with van der Waals surface area (Å²) in [6.45, 7) is 1.58. The quantitative estimate of drug-likeness (QED) is 0.842. The van der Waals surface area contributed by atoms with E-state index in [1.165, 1.54) is 6.08 Å². The van der Waals surface area contributed by atoms with Crippen molar-refractivity contribution < 1.29 is 13.5 Å². The van der Waals surface area contributed by atoms with Gasteiger partial charge in [-0.25, -0.2) is 13.1 Å². The van der Waals surface area contributed by atoms with Crippen molar-refractivity contribution in [3.63, 3.8) is 0 Å². The third-order valence-corrected chi connectivity index (χ3v) is 3.76. The molecule has 2 N–H and O–H groups in total. The van der Waals surface area contributed by atoms with Crippen LogP contribution in [0.15, 0.2) is 29.7 Å². The molecule has 0 aliphatic carbocycles. The van der Waals surface area contributed by atoms with E-state index in [4.69, 9.17) is 16.7 Å². The molecule has 0 radical (unpaired) electrons. The smallest absolute Gasteiger partial charge is 0.234 e. The molecule has 0 aliphatic heterocycles. The fraction of sp³-hybridized carbons (Fsp3) is 0.333. The SMILES string of the molecule is CC[C@H](CO)NS(=O)(=O)/C=C/c1ccc(Cl)cc1. The van der Waals surface area contributed by atoms with Crippen LogP contribution in [-0.2, 0) is 10.0 Å². The van der Waals surface area contributed by atoms with Crippen molar-refractivity contribution in [1.82, 2.24) is 4.72 Å². The van der Waals surface area contributed by atoms with Crippen LogP contribution in [0, 0.1) is 0 Å². The first-order valence-corrected chi connectivity index (χ1v) is 7.46. The zero-order chi connectivity index (χ0) is 13.6. The average Bonchev–Trinajstić information content (AvgIpc) is 2.35. The molecule has 0 saturated carbocycles. The summed E-state index contributed by atoms with van der Waals surface area (Å²) in [5, 5.41) is 10.6. The Hall–Kier alpha value is -0.880. The fourth-order valence-electron chi connectivity index (χ4n) is 1.26. The highest BCUT2D eigenvalue weighted by Crippen LogP contribution is 2.11. The molecule has 4 nitrogen and oxygen atoms in total. The summed E-state index contributed by atoms with van der Waals surface area (Å²) in [7, 11) is -3.54. The van der Waals surface area contributed by atoms with E-state index in [1.54, 1.807) is 31.2 Å². The van der Waals surface area contributed by atoms with E-state index in [0.29, 0.717) is 11.4 Å².